The molecule has 3 heterocycles. The molecule has 0 fully saturated rings. The molecule has 34 heavy (non-hydrogen) atoms. The molecular formula is C23H19N7O3S. The lowest BCUT2D eigenvalue weighted by Gasteiger charge is -2.10. The average Bonchev–Trinajstić information content (AvgIpc) is 3.53. The van der Waals surface area contributed by atoms with Crippen LogP contribution < -0.4 is 10.0 Å². The van der Waals surface area contributed by atoms with E-state index in [0.29, 0.717) is 28.9 Å². The highest BCUT2D eigenvalue weighted by molar-refractivity contribution is 7.92. The van der Waals surface area contributed by atoms with E-state index in [-0.39, 0.29) is 4.90 Å². The molecule has 0 atom stereocenters. The van der Waals surface area contributed by atoms with Gasteiger partial charge in [-0.25, -0.2) is 18.1 Å². The van der Waals surface area contributed by atoms with Gasteiger partial charge in [-0.2, -0.15) is 5.10 Å². The van der Waals surface area contributed by atoms with E-state index in [4.69, 9.17) is 4.42 Å². The van der Waals surface area contributed by atoms with Crippen LogP contribution in [0.15, 0.2) is 94.7 Å². The number of nitrogens with one attached hydrogen (secondary N) is 2. The number of sulfonamides is 1. The number of benzene rings is 2. The number of aryl methyl sites for hydroxylation is 1. The first-order valence-corrected chi connectivity index (χ1v) is 11.7. The number of hydrogen-bond donors (Lipinski definition) is 2. The molecule has 0 aliphatic carbocycles. The smallest absolute Gasteiger partial charge is 0.261 e. The summed E-state index contributed by atoms with van der Waals surface area (Å²) in [7, 11) is -3.75. The predicted octanol–water partition coefficient (Wildman–Crippen LogP) is 4.17. The first-order chi connectivity index (χ1) is 16.5. The Morgan fingerprint density at radius 2 is 1.68 bits per heavy atom. The van der Waals surface area contributed by atoms with E-state index in [1.807, 2.05) is 0 Å². The van der Waals surface area contributed by atoms with Crippen LogP contribution in [-0.4, -0.2) is 33.4 Å². The Morgan fingerprint density at radius 3 is 2.29 bits per heavy atom. The topological polar surface area (TPSA) is 128 Å². The third-order valence-corrected chi connectivity index (χ3v) is 6.28. The van der Waals surface area contributed by atoms with Gasteiger partial charge in [0, 0.05) is 36.3 Å². The van der Waals surface area contributed by atoms with E-state index in [9.17, 15) is 8.42 Å². The molecule has 2 aromatic carbocycles. The quantitative estimate of drug-likeness (QED) is 0.360. The Labute approximate surface area is 195 Å². The Morgan fingerprint density at radius 1 is 0.912 bits per heavy atom. The third-order valence-electron chi connectivity index (χ3n) is 4.88. The minimum absolute atomic E-state index is 0.145. The summed E-state index contributed by atoms with van der Waals surface area (Å²) in [5.74, 6) is 1.70. The molecule has 0 spiro atoms. The number of anilines is 3. The Hall–Kier alpha value is -4.51. The molecule has 0 saturated heterocycles. The lowest BCUT2D eigenvalue weighted by Crippen LogP contribution is -2.12. The van der Waals surface area contributed by atoms with Crippen LogP contribution in [0.2, 0.25) is 0 Å². The van der Waals surface area contributed by atoms with Gasteiger partial charge in [0.1, 0.15) is 12.0 Å². The molecule has 10 nitrogen and oxygen atoms in total. The first kappa shape index (κ1) is 21.3. The summed E-state index contributed by atoms with van der Waals surface area (Å²) in [5.41, 5.74) is 2.59. The van der Waals surface area contributed by atoms with E-state index in [0.717, 1.165) is 11.3 Å². The second kappa shape index (κ2) is 8.79. The molecule has 0 bridgehead atoms. The molecule has 2 N–H and O–H groups in total. The van der Waals surface area contributed by atoms with Crippen molar-refractivity contribution in [3.63, 3.8) is 0 Å². The zero-order valence-electron chi connectivity index (χ0n) is 18.0. The van der Waals surface area contributed by atoms with Gasteiger partial charge in [-0.15, -0.1) is 10.2 Å². The molecule has 0 amide bonds. The van der Waals surface area contributed by atoms with Crippen LogP contribution in [-0.2, 0) is 10.0 Å². The third kappa shape index (κ3) is 4.64. The monoisotopic (exact) mass is 473 g/mol. The van der Waals surface area contributed by atoms with E-state index in [2.05, 4.69) is 30.3 Å². The van der Waals surface area contributed by atoms with Crippen molar-refractivity contribution < 1.29 is 12.8 Å². The van der Waals surface area contributed by atoms with Gasteiger partial charge >= 0.3 is 0 Å². The van der Waals surface area contributed by atoms with Crippen LogP contribution in [0, 0.1) is 6.92 Å². The highest BCUT2D eigenvalue weighted by atomic mass is 32.2. The maximum Gasteiger partial charge on any atom is 0.261 e. The lowest BCUT2D eigenvalue weighted by molar-refractivity contribution is 0.521. The lowest BCUT2D eigenvalue weighted by atomic mass is 10.2. The van der Waals surface area contributed by atoms with Crippen LogP contribution in [0.25, 0.3) is 17.1 Å². The van der Waals surface area contributed by atoms with E-state index in [1.54, 1.807) is 78.6 Å². The summed E-state index contributed by atoms with van der Waals surface area (Å²) in [4.78, 5) is 4.39. The molecule has 0 aliphatic rings. The van der Waals surface area contributed by atoms with Crippen molar-refractivity contribution in [1.29, 1.82) is 0 Å². The van der Waals surface area contributed by atoms with Crippen molar-refractivity contribution in [2.45, 2.75) is 11.8 Å². The molecule has 5 aromatic rings. The fourth-order valence-corrected chi connectivity index (χ4v) is 4.26. The highest BCUT2D eigenvalue weighted by Gasteiger charge is 2.15. The van der Waals surface area contributed by atoms with E-state index >= 15 is 0 Å². The number of aromatic nitrogens is 5. The van der Waals surface area contributed by atoms with Crippen molar-refractivity contribution in [1.82, 2.24) is 25.0 Å². The Kier molecular flexibility index (Phi) is 5.52. The van der Waals surface area contributed by atoms with Gasteiger partial charge in [0.25, 0.3) is 10.0 Å². The van der Waals surface area contributed by atoms with Crippen LogP contribution in [0.4, 0.5) is 17.2 Å². The number of hydrogen-bond acceptors (Lipinski definition) is 8. The zero-order valence-corrected chi connectivity index (χ0v) is 18.8. The number of nitrogens with zero attached hydrogens (tertiary/aromatic N) is 5. The summed E-state index contributed by atoms with van der Waals surface area (Å²) in [5, 5.41) is 15.5. The SMILES string of the molecule is Cc1nc(-c2ccc(S(=O)(=O)Nc3ccc(Nc4ccc(-n5cccn5)nn4)cc3)cc2)co1. The van der Waals surface area contributed by atoms with Crippen molar-refractivity contribution in [3.8, 4) is 17.1 Å². The molecule has 0 aliphatic heterocycles. The van der Waals surface area contributed by atoms with Gasteiger partial charge in [-0.3, -0.25) is 4.72 Å². The number of oxazole rings is 1. The highest BCUT2D eigenvalue weighted by Crippen LogP contribution is 2.23. The largest absolute Gasteiger partial charge is 0.449 e. The van der Waals surface area contributed by atoms with Crippen LogP contribution in [0.3, 0.4) is 0 Å². The molecule has 5 rings (SSSR count). The summed E-state index contributed by atoms with van der Waals surface area (Å²) in [6.45, 7) is 1.75. The van der Waals surface area contributed by atoms with Gasteiger partial charge in [-0.05, 0) is 54.6 Å². The molecule has 170 valence electrons. The summed E-state index contributed by atoms with van der Waals surface area (Å²) < 4.78 is 34.9. The van der Waals surface area contributed by atoms with Crippen molar-refractivity contribution in [3.05, 3.63) is 91.3 Å². The molecule has 0 saturated carbocycles. The maximum absolute atomic E-state index is 12.8. The van der Waals surface area contributed by atoms with Gasteiger partial charge in [0.2, 0.25) is 0 Å². The maximum atomic E-state index is 12.8. The summed E-state index contributed by atoms with van der Waals surface area (Å²) in [6, 6.07) is 18.6. The van der Waals surface area contributed by atoms with E-state index < -0.39 is 10.0 Å². The van der Waals surface area contributed by atoms with Crippen molar-refractivity contribution >= 4 is 27.2 Å². The fourth-order valence-electron chi connectivity index (χ4n) is 3.20. The van der Waals surface area contributed by atoms with Crippen molar-refractivity contribution in [2.24, 2.45) is 0 Å². The number of rotatable bonds is 7. The molecule has 0 radical (unpaired) electrons. The van der Waals surface area contributed by atoms with Crippen LogP contribution in [0.1, 0.15) is 5.89 Å². The molecule has 0 unspecified atom stereocenters. The summed E-state index contributed by atoms with van der Waals surface area (Å²) in [6.07, 6.45) is 4.98. The van der Waals surface area contributed by atoms with Gasteiger partial charge < -0.3 is 9.73 Å². The Bertz CT molecular complexity index is 1490. The second-order valence-corrected chi connectivity index (χ2v) is 8.99. The second-order valence-electron chi connectivity index (χ2n) is 7.31. The van der Waals surface area contributed by atoms with E-state index in [1.165, 1.54) is 18.4 Å². The minimum atomic E-state index is -3.75. The van der Waals surface area contributed by atoms with Gasteiger partial charge in [0.05, 0.1) is 4.90 Å². The minimum Gasteiger partial charge on any atom is -0.449 e. The molecular weight excluding hydrogens is 454 g/mol. The fraction of sp³-hybridized carbons (Fsp3) is 0.0435. The molecule has 11 heteroatoms. The first-order valence-electron chi connectivity index (χ1n) is 10.2. The van der Waals surface area contributed by atoms with Crippen LogP contribution in [0.5, 0.6) is 0 Å². The Balaban J connectivity index is 1.24. The predicted molar refractivity (Wildman–Crippen MR) is 126 cm³/mol. The zero-order chi connectivity index (χ0) is 23.5. The average molecular weight is 474 g/mol. The van der Waals surface area contributed by atoms with Crippen LogP contribution >= 0.6 is 0 Å². The standard InChI is InChI=1S/C23H19N7O3S/c1-16-25-21(15-33-16)17-3-9-20(10-4-17)34(31,32)29-19-7-5-18(6-8-19)26-22-11-12-23(28-27-22)30-14-2-13-24-30/h2-15,29H,1H3,(H,26,27). The molecule has 3 aromatic heterocycles. The normalized spacial score (nSPS) is 11.3. The summed E-state index contributed by atoms with van der Waals surface area (Å²) >= 11 is 0. The van der Waals surface area contributed by atoms with Crippen molar-refractivity contribution in [2.75, 3.05) is 10.0 Å². The van der Waals surface area contributed by atoms with Gasteiger partial charge in [0.15, 0.2) is 17.5 Å². The van der Waals surface area contributed by atoms with Gasteiger partial charge in [-0.1, -0.05) is 12.1 Å².